The molecule has 0 atom stereocenters. The van der Waals surface area contributed by atoms with Gasteiger partial charge in [0.2, 0.25) is 5.91 Å². The smallest absolute Gasteiger partial charge is 0.306 e. The third-order valence-corrected chi connectivity index (χ3v) is 5.21. The fourth-order valence-corrected chi connectivity index (χ4v) is 3.36. The summed E-state index contributed by atoms with van der Waals surface area (Å²) in [5.74, 6) is -5.28. The van der Waals surface area contributed by atoms with Crippen LogP contribution in [-0.4, -0.2) is 32.4 Å². The average molecular weight is 475 g/mol. The van der Waals surface area contributed by atoms with Crippen molar-refractivity contribution in [2.45, 2.75) is 18.9 Å². The Kier molecular flexibility index (Phi) is 6.45. The van der Waals surface area contributed by atoms with Crippen LogP contribution in [0, 0.1) is 5.82 Å². The van der Waals surface area contributed by atoms with E-state index in [0.29, 0.717) is 5.69 Å². The van der Waals surface area contributed by atoms with Crippen molar-refractivity contribution in [3.63, 3.8) is 0 Å². The maximum atomic E-state index is 14.9. The van der Waals surface area contributed by atoms with Crippen LogP contribution in [0.5, 0.6) is 0 Å². The minimum atomic E-state index is -3.36. The fraction of sp³-hybridized carbons (Fsp3) is 0.182. The number of aromatic nitrogens is 4. The summed E-state index contributed by atoms with van der Waals surface area (Å²) in [6, 6.07) is 7.81. The van der Waals surface area contributed by atoms with Crippen molar-refractivity contribution < 1.29 is 18.0 Å². The molecule has 0 bridgehead atoms. The summed E-state index contributed by atoms with van der Waals surface area (Å²) < 4.78 is 43.6. The summed E-state index contributed by atoms with van der Waals surface area (Å²) in [5, 5.41) is 5.79. The number of fused-ring (bicyclic) bond motifs is 1. The van der Waals surface area contributed by atoms with Crippen LogP contribution in [0.25, 0.3) is 10.9 Å². The molecule has 4 aromatic rings. The number of rotatable bonds is 8. The number of nitrogens with one attached hydrogen (secondary N) is 3. The summed E-state index contributed by atoms with van der Waals surface area (Å²) >= 11 is 6.02. The fourth-order valence-electron chi connectivity index (χ4n) is 3.16. The molecule has 0 aliphatic heterocycles. The number of aromatic amines is 1. The van der Waals surface area contributed by atoms with Gasteiger partial charge in [0, 0.05) is 29.5 Å². The summed E-state index contributed by atoms with van der Waals surface area (Å²) in [4.78, 5) is 27.0. The van der Waals surface area contributed by atoms with Gasteiger partial charge in [0.1, 0.15) is 5.69 Å². The molecular weight excluding hydrogens is 457 g/mol. The largest absolute Gasteiger partial charge is 0.361 e. The Balaban J connectivity index is 1.41. The lowest BCUT2D eigenvalue weighted by Crippen LogP contribution is -2.27. The molecule has 4 heterocycles. The van der Waals surface area contributed by atoms with E-state index >= 15 is 0 Å². The number of halogens is 4. The zero-order chi connectivity index (χ0) is 23.4. The second-order valence-electron chi connectivity index (χ2n) is 7.21. The molecule has 33 heavy (non-hydrogen) atoms. The topological polar surface area (TPSA) is 95.6 Å². The van der Waals surface area contributed by atoms with Crippen LogP contribution in [0.1, 0.15) is 17.0 Å². The molecule has 7 nitrogen and oxygen atoms in total. The highest BCUT2D eigenvalue weighted by atomic mass is 35.5. The van der Waals surface area contributed by atoms with Gasteiger partial charge in [0.25, 0.3) is 0 Å². The zero-order valence-corrected chi connectivity index (χ0v) is 17.8. The Morgan fingerprint density at radius 1 is 1.15 bits per heavy atom. The van der Waals surface area contributed by atoms with Gasteiger partial charge in [0.05, 0.1) is 41.9 Å². The first kappa shape index (κ1) is 22.5. The van der Waals surface area contributed by atoms with Gasteiger partial charge in [0.15, 0.2) is 11.6 Å². The van der Waals surface area contributed by atoms with Crippen molar-refractivity contribution in [2.75, 3.05) is 11.9 Å². The van der Waals surface area contributed by atoms with Crippen molar-refractivity contribution in [1.82, 2.24) is 25.3 Å². The highest BCUT2D eigenvalue weighted by Gasteiger charge is 2.33. The van der Waals surface area contributed by atoms with E-state index in [0.717, 1.165) is 17.1 Å². The second kappa shape index (κ2) is 9.45. The highest BCUT2D eigenvalue weighted by molar-refractivity contribution is 6.31. The maximum Gasteiger partial charge on any atom is 0.306 e. The molecular formula is C22H18ClF3N6O. The molecule has 4 rings (SSSR count). The number of hydrogen-bond acceptors (Lipinski definition) is 5. The van der Waals surface area contributed by atoms with E-state index in [1.165, 1.54) is 24.4 Å². The van der Waals surface area contributed by atoms with Crippen molar-refractivity contribution in [1.29, 1.82) is 0 Å². The minimum Gasteiger partial charge on any atom is -0.361 e. The molecule has 0 aliphatic carbocycles. The van der Waals surface area contributed by atoms with Crippen LogP contribution in [0.2, 0.25) is 5.02 Å². The number of anilines is 1. The van der Waals surface area contributed by atoms with Crippen molar-refractivity contribution >= 4 is 34.2 Å². The third-order valence-electron chi connectivity index (χ3n) is 4.88. The number of nitrogens with zero attached hydrogens (tertiary/aromatic N) is 3. The van der Waals surface area contributed by atoms with Crippen LogP contribution in [0.4, 0.5) is 19.0 Å². The average Bonchev–Trinajstić information content (AvgIpc) is 3.28. The summed E-state index contributed by atoms with van der Waals surface area (Å²) in [6.45, 7) is -0.805. The lowest BCUT2D eigenvalue weighted by Gasteiger charge is -2.17. The van der Waals surface area contributed by atoms with Gasteiger partial charge in [-0.3, -0.25) is 14.8 Å². The number of pyridine rings is 3. The number of carbonyl (C=O) groups is 1. The Morgan fingerprint density at radius 3 is 2.79 bits per heavy atom. The van der Waals surface area contributed by atoms with Gasteiger partial charge < -0.3 is 15.6 Å². The van der Waals surface area contributed by atoms with Gasteiger partial charge in [-0.2, -0.15) is 8.78 Å². The molecule has 11 heteroatoms. The lowest BCUT2D eigenvalue weighted by atomic mass is 10.1. The van der Waals surface area contributed by atoms with E-state index in [-0.39, 0.29) is 17.1 Å². The zero-order valence-electron chi connectivity index (χ0n) is 17.1. The highest BCUT2D eigenvalue weighted by Crippen LogP contribution is 2.28. The van der Waals surface area contributed by atoms with Crippen molar-refractivity contribution in [3.8, 4) is 0 Å². The molecule has 3 N–H and O–H groups in total. The molecule has 0 radical (unpaired) electrons. The number of alkyl halides is 2. The first-order valence-electron chi connectivity index (χ1n) is 9.88. The maximum absolute atomic E-state index is 14.9. The molecule has 0 aliphatic rings. The van der Waals surface area contributed by atoms with Gasteiger partial charge >= 0.3 is 5.92 Å². The lowest BCUT2D eigenvalue weighted by molar-refractivity contribution is -0.120. The van der Waals surface area contributed by atoms with Gasteiger partial charge in [-0.05, 0) is 24.3 Å². The second-order valence-corrected chi connectivity index (χ2v) is 7.62. The molecule has 0 saturated heterocycles. The van der Waals surface area contributed by atoms with E-state index in [1.807, 2.05) is 12.1 Å². The van der Waals surface area contributed by atoms with Crippen LogP contribution < -0.4 is 10.6 Å². The normalized spacial score (nSPS) is 11.5. The van der Waals surface area contributed by atoms with Gasteiger partial charge in [-0.15, -0.1) is 0 Å². The molecule has 4 aromatic heterocycles. The van der Waals surface area contributed by atoms with Gasteiger partial charge in [-0.25, -0.2) is 9.37 Å². The van der Waals surface area contributed by atoms with E-state index < -0.39 is 42.1 Å². The van der Waals surface area contributed by atoms with Crippen molar-refractivity contribution in [2.24, 2.45) is 0 Å². The summed E-state index contributed by atoms with van der Waals surface area (Å²) in [7, 11) is 0. The molecule has 0 saturated carbocycles. The van der Waals surface area contributed by atoms with Crippen LogP contribution >= 0.6 is 11.6 Å². The summed E-state index contributed by atoms with van der Waals surface area (Å²) in [5.41, 5.74) is 0.875. The monoisotopic (exact) mass is 474 g/mol. The molecule has 0 fully saturated rings. The number of carbonyl (C=O) groups excluding carboxylic acids is 1. The Hall–Kier alpha value is -3.66. The van der Waals surface area contributed by atoms with E-state index in [1.54, 1.807) is 12.4 Å². The molecule has 0 aromatic carbocycles. The number of hydrogen-bond donors (Lipinski definition) is 3. The number of amides is 1. The molecule has 170 valence electrons. The molecule has 0 unspecified atom stereocenters. The molecule has 1 amide bonds. The predicted octanol–water partition coefficient (Wildman–Crippen LogP) is 4.21. The third kappa shape index (κ3) is 5.23. The number of H-pyrrole nitrogens is 1. The first-order valence-corrected chi connectivity index (χ1v) is 10.3. The Labute approximate surface area is 191 Å². The van der Waals surface area contributed by atoms with E-state index in [4.69, 9.17) is 11.6 Å². The minimum absolute atomic E-state index is 0.0865. The first-order chi connectivity index (χ1) is 15.8. The predicted molar refractivity (Wildman–Crippen MR) is 117 cm³/mol. The summed E-state index contributed by atoms with van der Waals surface area (Å²) in [6.07, 6.45) is 5.38. The SMILES string of the molecule is O=C(Cc1c(Cl)cnc(NCC(F)(F)c2ccccn2)c1F)NCc1cc2cc[nH]c2cn1. The van der Waals surface area contributed by atoms with Crippen LogP contribution in [0.15, 0.2) is 55.1 Å². The Bertz CT molecular complexity index is 1280. The molecule has 0 spiro atoms. The van der Waals surface area contributed by atoms with Crippen LogP contribution in [-0.2, 0) is 23.7 Å². The van der Waals surface area contributed by atoms with Gasteiger partial charge in [-0.1, -0.05) is 17.7 Å². The van der Waals surface area contributed by atoms with Crippen molar-refractivity contribution in [3.05, 3.63) is 82.9 Å². The van der Waals surface area contributed by atoms with E-state index in [9.17, 15) is 18.0 Å². The standard InChI is InChI=1S/C22H18ClF3N6O/c23-16-10-31-21(32-12-22(25,26)18-3-1-2-5-28-18)20(24)15(16)8-19(33)30-9-14-7-13-4-6-27-17(13)11-29-14/h1-7,10-11,27H,8-9,12H2,(H,30,33)(H,31,32). The van der Waals surface area contributed by atoms with Crippen LogP contribution in [0.3, 0.4) is 0 Å². The van der Waals surface area contributed by atoms with E-state index in [2.05, 4.69) is 30.6 Å². The Morgan fingerprint density at radius 2 is 2.00 bits per heavy atom. The quantitative estimate of drug-likeness (QED) is 0.355.